The smallest absolute Gasteiger partial charge is 0.178 e. The fourth-order valence-corrected chi connectivity index (χ4v) is 3.94. The van der Waals surface area contributed by atoms with Gasteiger partial charge in [0.05, 0.1) is 5.52 Å². The fourth-order valence-electron chi connectivity index (χ4n) is 3.61. The van der Waals surface area contributed by atoms with Gasteiger partial charge in [0, 0.05) is 28.8 Å². The quantitative estimate of drug-likeness (QED) is 0.543. The van der Waals surface area contributed by atoms with Gasteiger partial charge < -0.3 is 19.9 Å². The van der Waals surface area contributed by atoms with Gasteiger partial charge in [-0.2, -0.15) is 0 Å². The summed E-state index contributed by atoms with van der Waals surface area (Å²) in [6, 6.07) is 10.6. The van der Waals surface area contributed by atoms with Crippen molar-refractivity contribution in [2.45, 2.75) is 25.8 Å². The van der Waals surface area contributed by atoms with Crippen LogP contribution in [0.5, 0.6) is 5.75 Å². The molecule has 0 radical (unpaired) electrons. The van der Waals surface area contributed by atoms with Crippen molar-refractivity contribution in [2.24, 2.45) is 0 Å². The molecule has 0 saturated carbocycles. The van der Waals surface area contributed by atoms with E-state index in [1.807, 2.05) is 30.3 Å². The number of aromatic nitrogens is 3. The molecule has 2 aromatic heterocycles. The van der Waals surface area contributed by atoms with Crippen molar-refractivity contribution in [3.8, 4) is 17.1 Å². The van der Waals surface area contributed by atoms with E-state index in [1.54, 1.807) is 6.20 Å². The molecule has 0 unspecified atom stereocenters. The lowest BCUT2D eigenvalue weighted by Crippen LogP contribution is -2.43. The Balaban J connectivity index is 1.26. The van der Waals surface area contributed by atoms with Gasteiger partial charge >= 0.3 is 0 Å². The van der Waals surface area contributed by atoms with Crippen LogP contribution in [0.4, 0.5) is 0 Å². The van der Waals surface area contributed by atoms with Crippen molar-refractivity contribution in [1.29, 1.82) is 0 Å². The number of hydrogen-bond donors (Lipinski definition) is 2. The first-order valence-electron chi connectivity index (χ1n) is 9.91. The summed E-state index contributed by atoms with van der Waals surface area (Å²) in [6.45, 7) is 7.35. The van der Waals surface area contributed by atoms with Gasteiger partial charge in [-0.05, 0) is 78.7 Å². The molecule has 1 aromatic carbocycles. The molecule has 4 rings (SSSR count). The molecule has 2 N–H and O–H groups in total. The first-order chi connectivity index (χ1) is 13.7. The zero-order chi connectivity index (χ0) is 19.3. The molecule has 28 heavy (non-hydrogen) atoms. The first-order valence-corrected chi connectivity index (χ1v) is 10.7. The van der Waals surface area contributed by atoms with Crippen LogP contribution in [0, 0.1) is 0 Å². The molecule has 3 aromatic rings. The first kappa shape index (κ1) is 19.4. The number of likely N-dealkylation sites (tertiary alicyclic amines) is 1. The predicted molar refractivity (Wildman–Crippen MR) is 116 cm³/mol. The maximum Gasteiger partial charge on any atom is 0.178 e. The van der Waals surface area contributed by atoms with Gasteiger partial charge in [0.25, 0.3) is 0 Å². The molecular weight excluding hydrogens is 418 g/mol. The van der Waals surface area contributed by atoms with Gasteiger partial charge in [0.2, 0.25) is 0 Å². The Bertz CT molecular complexity index is 903. The zero-order valence-corrected chi connectivity index (χ0v) is 17.7. The van der Waals surface area contributed by atoms with Crippen LogP contribution in [0.25, 0.3) is 22.6 Å². The Morgan fingerprint density at radius 2 is 2.04 bits per heavy atom. The lowest BCUT2D eigenvalue weighted by molar-refractivity contribution is 0.200. The second-order valence-corrected chi connectivity index (χ2v) is 8.06. The number of H-pyrrole nitrogens is 1. The number of halogens is 1. The van der Waals surface area contributed by atoms with Crippen LogP contribution in [0.2, 0.25) is 0 Å². The largest absolute Gasteiger partial charge is 0.492 e. The number of aromatic amines is 1. The standard InChI is InChI=1S/C21H26BrN5O/c1-2-27-10-7-17(8-11-27)23-9-12-28-18-5-3-15(4-6-18)20-25-19-13-16(22)14-24-21(19)26-20/h3-6,13-14,17,23H,2,7-12H2,1H3,(H,24,25,26). The molecule has 0 spiro atoms. The van der Waals surface area contributed by atoms with E-state index in [2.05, 4.69) is 48.0 Å². The van der Waals surface area contributed by atoms with Crippen LogP contribution in [-0.4, -0.2) is 58.7 Å². The number of rotatable bonds is 7. The highest BCUT2D eigenvalue weighted by molar-refractivity contribution is 9.10. The van der Waals surface area contributed by atoms with E-state index in [-0.39, 0.29) is 0 Å². The Kier molecular flexibility index (Phi) is 6.24. The molecule has 1 saturated heterocycles. The Morgan fingerprint density at radius 3 is 2.79 bits per heavy atom. The molecule has 6 nitrogen and oxygen atoms in total. The number of fused-ring (bicyclic) bond motifs is 1. The van der Waals surface area contributed by atoms with Gasteiger partial charge in [-0.1, -0.05) is 6.92 Å². The number of ether oxygens (including phenoxy) is 1. The SMILES string of the molecule is CCN1CCC(NCCOc2ccc(-c3nc4ncc(Br)cc4[nH]3)cc2)CC1. The number of imidazole rings is 1. The molecule has 0 atom stereocenters. The molecule has 0 amide bonds. The molecule has 3 heterocycles. The highest BCUT2D eigenvalue weighted by Gasteiger charge is 2.17. The highest BCUT2D eigenvalue weighted by Crippen LogP contribution is 2.23. The summed E-state index contributed by atoms with van der Waals surface area (Å²) < 4.78 is 6.82. The van der Waals surface area contributed by atoms with E-state index in [0.717, 1.165) is 45.9 Å². The monoisotopic (exact) mass is 443 g/mol. The maximum absolute atomic E-state index is 5.88. The van der Waals surface area contributed by atoms with Crippen molar-refractivity contribution in [3.63, 3.8) is 0 Å². The normalized spacial score (nSPS) is 15.9. The number of pyridine rings is 1. The minimum absolute atomic E-state index is 0.621. The number of nitrogens with one attached hydrogen (secondary N) is 2. The number of nitrogens with zero attached hydrogens (tertiary/aromatic N) is 3. The summed E-state index contributed by atoms with van der Waals surface area (Å²) in [5.41, 5.74) is 2.65. The molecule has 148 valence electrons. The molecule has 0 aliphatic carbocycles. The predicted octanol–water partition coefficient (Wildman–Crippen LogP) is 3.84. The van der Waals surface area contributed by atoms with Crippen LogP contribution < -0.4 is 10.1 Å². The van der Waals surface area contributed by atoms with Gasteiger partial charge in [-0.25, -0.2) is 9.97 Å². The van der Waals surface area contributed by atoms with E-state index in [9.17, 15) is 0 Å². The lowest BCUT2D eigenvalue weighted by Gasteiger charge is -2.31. The summed E-state index contributed by atoms with van der Waals surface area (Å²) in [6.07, 6.45) is 4.21. The van der Waals surface area contributed by atoms with Gasteiger partial charge in [-0.15, -0.1) is 0 Å². The van der Waals surface area contributed by atoms with E-state index in [4.69, 9.17) is 4.74 Å². The number of piperidine rings is 1. The minimum Gasteiger partial charge on any atom is -0.492 e. The van der Waals surface area contributed by atoms with Crippen LogP contribution in [0.1, 0.15) is 19.8 Å². The molecular formula is C21H26BrN5O. The van der Waals surface area contributed by atoms with Crippen LogP contribution >= 0.6 is 15.9 Å². The summed E-state index contributed by atoms with van der Waals surface area (Å²) in [5.74, 6) is 1.69. The highest BCUT2D eigenvalue weighted by atomic mass is 79.9. The van der Waals surface area contributed by atoms with Gasteiger partial charge in [0.15, 0.2) is 5.65 Å². The van der Waals surface area contributed by atoms with Crippen molar-refractivity contribution < 1.29 is 4.74 Å². The van der Waals surface area contributed by atoms with Crippen LogP contribution in [0.3, 0.4) is 0 Å². The fraction of sp³-hybridized carbons (Fsp3) is 0.429. The van der Waals surface area contributed by atoms with Crippen LogP contribution in [-0.2, 0) is 0 Å². The third kappa shape index (κ3) is 4.71. The number of hydrogen-bond acceptors (Lipinski definition) is 5. The van der Waals surface area contributed by atoms with Gasteiger partial charge in [0.1, 0.15) is 18.2 Å². The van der Waals surface area contributed by atoms with E-state index >= 15 is 0 Å². The third-order valence-electron chi connectivity index (χ3n) is 5.27. The Morgan fingerprint density at radius 1 is 1.25 bits per heavy atom. The summed E-state index contributed by atoms with van der Waals surface area (Å²) in [4.78, 5) is 14.7. The zero-order valence-electron chi connectivity index (χ0n) is 16.1. The average Bonchev–Trinajstić information content (AvgIpc) is 3.15. The number of benzene rings is 1. The Labute approximate surface area is 173 Å². The molecule has 1 aliphatic heterocycles. The molecule has 1 fully saturated rings. The van der Waals surface area contributed by atoms with Crippen molar-refractivity contribution in [2.75, 3.05) is 32.8 Å². The Hall–Kier alpha value is -1.96. The van der Waals surface area contributed by atoms with E-state index < -0.39 is 0 Å². The van der Waals surface area contributed by atoms with Crippen molar-refractivity contribution in [3.05, 3.63) is 41.0 Å². The van der Waals surface area contributed by atoms with Crippen molar-refractivity contribution in [1.82, 2.24) is 25.2 Å². The topological polar surface area (TPSA) is 66.1 Å². The van der Waals surface area contributed by atoms with Crippen molar-refractivity contribution >= 4 is 27.1 Å². The van der Waals surface area contributed by atoms with E-state index in [1.165, 1.54) is 25.9 Å². The molecule has 7 heteroatoms. The summed E-state index contributed by atoms with van der Waals surface area (Å²) in [5, 5.41) is 3.62. The molecule has 0 bridgehead atoms. The van der Waals surface area contributed by atoms with Gasteiger partial charge in [-0.3, -0.25) is 0 Å². The lowest BCUT2D eigenvalue weighted by atomic mass is 10.1. The summed E-state index contributed by atoms with van der Waals surface area (Å²) in [7, 11) is 0. The molecule has 1 aliphatic rings. The summed E-state index contributed by atoms with van der Waals surface area (Å²) >= 11 is 3.43. The third-order valence-corrected chi connectivity index (χ3v) is 5.70. The second kappa shape index (κ2) is 9.03. The van der Waals surface area contributed by atoms with E-state index in [0.29, 0.717) is 12.6 Å². The minimum atomic E-state index is 0.621. The average molecular weight is 444 g/mol. The maximum atomic E-state index is 5.88. The second-order valence-electron chi connectivity index (χ2n) is 7.15. The van der Waals surface area contributed by atoms with Crippen LogP contribution in [0.15, 0.2) is 41.0 Å².